The molecule has 0 bridgehead atoms. The Hall–Kier alpha value is -3.52. The van der Waals surface area contributed by atoms with E-state index in [0.29, 0.717) is 17.9 Å². The highest BCUT2D eigenvalue weighted by molar-refractivity contribution is 7.19. The lowest BCUT2D eigenvalue weighted by Gasteiger charge is -2.04. The third-order valence-corrected chi connectivity index (χ3v) is 5.15. The second-order valence-electron chi connectivity index (χ2n) is 5.99. The van der Waals surface area contributed by atoms with Crippen LogP contribution >= 0.6 is 11.3 Å². The van der Waals surface area contributed by atoms with Crippen LogP contribution in [0.1, 0.15) is 16.1 Å². The van der Waals surface area contributed by atoms with Crippen molar-refractivity contribution in [2.75, 3.05) is 0 Å². The molecule has 27 heavy (non-hydrogen) atoms. The molecular formula is C19H13N5O2S. The minimum absolute atomic E-state index is 0.232. The molecule has 0 radical (unpaired) electrons. The van der Waals surface area contributed by atoms with Crippen LogP contribution in [-0.2, 0) is 6.54 Å². The monoisotopic (exact) mass is 375 g/mol. The van der Waals surface area contributed by atoms with E-state index < -0.39 is 0 Å². The summed E-state index contributed by atoms with van der Waals surface area (Å²) in [7, 11) is 0. The van der Waals surface area contributed by atoms with Gasteiger partial charge in [-0.05, 0) is 17.7 Å². The van der Waals surface area contributed by atoms with Crippen LogP contribution in [0.25, 0.3) is 26.5 Å². The summed E-state index contributed by atoms with van der Waals surface area (Å²) in [5.41, 5.74) is 2.70. The highest BCUT2D eigenvalue weighted by atomic mass is 32.1. The predicted octanol–water partition coefficient (Wildman–Crippen LogP) is 3.53. The SMILES string of the molecule is O=C(NCc1ccc(-c2nn3cnnc3s2)cc1)c1cc2ccccc2o1. The fourth-order valence-corrected chi connectivity index (χ4v) is 3.63. The third-order valence-electron chi connectivity index (χ3n) is 4.19. The summed E-state index contributed by atoms with van der Waals surface area (Å²) in [5.74, 6) is 0.0801. The Labute approximate surface area is 157 Å². The number of carbonyl (C=O) groups is 1. The van der Waals surface area contributed by atoms with Gasteiger partial charge < -0.3 is 9.73 Å². The topological polar surface area (TPSA) is 85.3 Å². The first-order valence-corrected chi connectivity index (χ1v) is 9.11. The van der Waals surface area contributed by atoms with Crippen LogP contribution in [0.3, 0.4) is 0 Å². The minimum atomic E-state index is -0.232. The van der Waals surface area contributed by atoms with Gasteiger partial charge >= 0.3 is 0 Å². The maximum atomic E-state index is 12.3. The van der Waals surface area contributed by atoms with E-state index >= 15 is 0 Å². The van der Waals surface area contributed by atoms with Crippen molar-refractivity contribution in [2.45, 2.75) is 6.54 Å². The second kappa shape index (κ2) is 6.33. The molecule has 0 aliphatic rings. The maximum absolute atomic E-state index is 12.3. The second-order valence-corrected chi connectivity index (χ2v) is 6.95. The summed E-state index contributed by atoms with van der Waals surface area (Å²) in [5, 5.41) is 16.9. The van der Waals surface area contributed by atoms with Crippen LogP contribution in [0.15, 0.2) is 65.3 Å². The molecule has 0 saturated heterocycles. The first-order valence-electron chi connectivity index (χ1n) is 8.29. The lowest BCUT2D eigenvalue weighted by molar-refractivity contribution is 0.0925. The van der Waals surface area contributed by atoms with Gasteiger partial charge in [0.2, 0.25) is 4.96 Å². The van der Waals surface area contributed by atoms with Gasteiger partial charge in [-0.15, -0.1) is 10.2 Å². The molecule has 1 N–H and O–H groups in total. The van der Waals surface area contributed by atoms with Gasteiger partial charge in [0.05, 0.1) is 0 Å². The van der Waals surface area contributed by atoms with E-state index in [1.807, 2.05) is 48.5 Å². The van der Waals surface area contributed by atoms with Gasteiger partial charge in [0.15, 0.2) is 5.76 Å². The number of nitrogens with zero attached hydrogens (tertiary/aromatic N) is 4. The van der Waals surface area contributed by atoms with E-state index in [-0.39, 0.29) is 5.91 Å². The quantitative estimate of drug-likeness (QED) is 0.519. The van der Waals surface area contributed by atoms with Crippen molar-refractivity contribution >= 4 is 33.2 Å². The zero-order valence-corrected chi connectivity index (χ0v) is 14.8. The van der Waals surface area contributed by atoms with E-state index in [2.05, 4.69) is 20.6 Å². The number of para-hydroxylation sites is 1. The molecule has 5 aromatic rings. The van der Waals surface area contributed by atoms with Gasteiger partial charge in [-0.25, -0.2) is 0 Å². The van der Waals surface area contributed by atoms with E-state index in [0.717, 1.165) is 26.5 Å². The lowest BCUT2D eigenvalue weighted by Crippen LogP contribution is -2.22. The molecular weight excluding hydrogens is 362 g/mol. The van der Waals surface area contributed by atoms with Crippen LogP contribution in [0.5, 0.6) is 0 Å². The largest absolute Gasteiger partial charge is 0.451 e. The first-order chi connectivity index (χ1) is 13.3. The molecule has 2 aromatic carbocycles. The number of aromatic nitrogens is 4. The molecule has 3 heterocycles. The standard InChI is InChI=1S/C19H13N5O2S/c25-17(16-9-14-3-1-2-4-15(14)26-16)20-10-12-5-7-13(8-6-12)18-23-24-11-21-22-19(24)27-18/h1-9,11H,10H2,(H,20,25). The van der Waals surface area contributed by atoms with Crippen LogP contribution < -0.4 is 5.32 Å². The van der Waals surface area contributed by atoms with Gasteiger partial charge in [0, 0.05) is 17.5 Å². The molecule has 0 unspecified atom stereocenters. The van der Waals surface area contributed by atoms with E-state index in [9.17, 15) is 4.79 Å². The molecule has 0 atom stereocenters. The van der Waals surface area contributed by atoms with Gasteiger partial charge in [-0.2, -0.15) is 9.61 Å². The summed E-state index contributed by atoms with van der Waals surface area (Å²) in [6.07, 6.45) is 1.58. The maximum Gasteiger partial charge on any atom is 0.287 e. The number of benzene rings is 2. The molecule has 7 nitrogen and oxygen atoms in total. The number of furan rings is 1. The van der Waals surface area contributed by atoms with Gasteiger partial charge in [0.25, 0.3) is 5.91 Å². The van der Waals surface area contributed by atoms with Crippen LogP contribution in [0, 0.1) is 0 Å². The molecule has 0 spiro atoms. The van der Waals surface area contributed by atoms with Crippen LogP contribution in [0.4, 0.5) is 0 Å². The van der Waals surface area contributed by atoms with Crippen molar-refractivity contribution in [2.24, 2.45) is 0 Å². The van der Waals surface area contributed by atoms with E-state index in [4.69, 9.17) is 4.42 Å². The van der Waals surface area contributed by atoms with Crippen LogP contribution in [0.2, 0.25) is 0 Å². The van der Waals surface area contributed by atoms with Crippen molar-refractivity contribution < 1.29 is 9.21 Å². The van der Waals surface area contributed by atoms with E-state index in [1.165, 1.54) is 11.3 Å². The Bertz CT molecular complexity index is 1190. The van der Waals surface area contributed by atoms with Crippen molar-refractivity contribution in [3.63, 3.8) is 0 Å². The van der Waals surface area contributed by atoms with Crippen molar-refractivity contribution in [1.29, 1.82) is 0 Å². The average Bonchev–Trinajstić information content (AvgIpc) is 3.40. The highest BCUT2D eigenvalue weighted by Gasteiger charge is 2.12. The fourth-order valence-electron chi connectivity index (χ4n) is 2.80. The average molecular weight is 375 g/mol. The summed E-state index contributed by atoms with van der Waals surface area (Å²) < 4.78 is 7.24. The number of nitrogens with one attached hydrogen (secondary N) is 1. The number of rotatable bonds is 4. The molecule has 132 valence electrons. The molecule has 0 fully saturated rings. The van der Waals surface area contributed by atoms with Crippen molar-refractivity contribution in [3.05, 3.63) is 72.2 Å². The molecule has 0 saturated carbocycles. The number of hydrogen-bond donors (Lipinski definition) is 1. The van der Waals surface area contributed by atoms with Gasteiger partial charge in [0.1, 0.15) is 16.9 Å². The lowest BCUT2D eigenvalue weighted by atomic mass is 10.1. The highest BCUT2D eigenvalue weighted by Crippen LogP contribution is 2.25. The zero-order valence-electron chi connectivity index (χ0n) is 14.0. The molecule has 8 heteroatoms. The molecule has 1 amide bonds. The Kier molecular flexibility index (Phi) is 3.68. The van der Waals surface area contributed by atoms with Crippen molar-refractivity contribution in [1.82, 2.24) is 25.1 Å². The summed E-state index contributed by atoms with van der Waals surface area (Å²) in [6, 6.07) is 17.2. The van der Waals surface area contributed by atoms with Crippen LogP contribution in [-0.4, -0.2) is 25.7 Å². The van der Waals surface area contributed by atoms with E-state index in [1.54, 1.807) is 16.9 Å². The molecule has 5 rings (SSSR count). The number of amides is 1. The Morgan fingerprint density at radius 1 is 1.15 bits per heavy atom. The minimum Gasteiger partial charge on any atom is -0.451 e. The summed E-state index contributed by atoms with van der Waals surface area (Å²) >= 11 is 1.48. The molecule has 3 aromatic heterocycles. The normalized spacial score (nSPS) is 11.3. The predicted molar refractivity (Wildman–Crippen MR) is 101 cm³/mol. The zero-order chi connectivity index (χ0) is 18.2. The van der Waals surface area contributed by atoms with Crippen molar-refractivity contribution in [3.8, 4) is 10.6 Å². The van der Waals surface area contributed by atoms with Gasteiger partial charge in [-0.1, -0.05) is 53.8 Å². The number of carbonyl (C=O) groups excluding carboxylic acids is 1. The fraction of sp³-hybridized carbons (Fsp3) is 0.0526. The first kappa shape index (κ1) is 15.7. The third kappa shape index (κ3) is 2.96. The molecule has 0 aliphatic heterocycles. The Morgan fingerprint density at radius 3 is 2.81 bits per heavy atom. The Balaban J connectivity index is 1.28. The Morgan fingerprint density at radius 2 is 2.00 bits per heavy atom. The summed E-state index contributed by atoms with van der Waals surface area (Å²) in [4.78, 5) is 13.1. The summed E-state index contributed by atoms with van der Waals surface area (Å²) in [6.45, 7) is 0.418. The smallest absolute Gasteiger partial charge is 0.287 e. The molecule has 0 aliphatic carbocycles. The van der Waals surface area contributed by atoms with Gasteiger partial charge in [-0.3, -0.25) is 4.79 Å². The number of hydrogen-bond acceptors (Lipinski definition) is 6. The number of fused-ring (bicyclic) bond motifs is 2.